The lowest BCUT2D eigenvalue weighted by atomic mass is 10.1. The molecule has 0 bridgehead atoms. The van der Waals surface area contributed by atoms with Gasteiger partial charge in [-0.15, -0.1) is 0 Å². The molecule has 0 aliphatic heterocycles. The molecule has 3 aromatic rings. The number of carbonyl (C=O) groups excluding carboxylic acids is 1. The molecular formula is C23H24N2O3. The topological polar surface area (TPSA) is 60.5 Å². The molecule has 2 aromatic carbocycles. The van der Waals surface area contributed by atoms with Gasteiger partial charge < -0.3 is 14.8 Å². The van der Waals surface area contributed by atoms with Crippen molar-refractivity contribution in [3.63, 3.8) is 0 Å². The summed E-state index contributed by atoms with van der Waals surface area (Å²) in [6, 6.07) is 14.5. The fourth-order valence-corrected chi connectivity index (χ4v) is 2.75. The van der Waals surface area contributed by atoms with Crippen molar-refractivity contribution in [3.05, 3.63) is 72.9 Å². The molecule has 5 heteroatoms. The summed E-state index contributed by atoms with van der Waals surface area (Å²) in [5.74, 6) is 1.23. The highest BCUT2D eigenvalue weighted by Crippen LogP contribution is 2.30. The molecular weight excluding hydrogens is 352 g/mol. The van der Waals surface area contributed by atoms with Gasteiger partial charge in [0, 0.05) is 17.1 Å². The zero-order valence-corrected chi connectivity index (χ0v) is 16.0. The van der Waals surface area contributed by atoms with Gasteiger partial charge in [-0.3, -0.25) is 9.78 Å². The Hall–Kier alpha value is -3.34. The number of hydrogen-bond donors (Lipinski definition) is 1. The van der Waals surface area contributed by atoms with Gasteiger partial charge in [-0.05, 0) is 55.0 Å². The maximum atomic E-state index is 12.7. The van der Waals surface area contributed by atoms with Gasteiger partial charge in [0.2, 0.25) is 0 Å². The summed E-state index contributed by atoms with van der Waals surface area (Å²) < 4.78 is 11.3. The summed E-state index contributed by atoms with van der Waals surface area (Å²) in [6.07, 6.45) is 5.45. The van der Waals surface area contributed by atoms with Crippen molar-refractivity contribution in [1.29, 1.82) is 0 Å². The predicted molar refractivity (Wildman–Crippen MR) is 112 cm³/mol. The minimum absolute atomic E-state index is 0.194. The van der Waals surface area contributed by atoms with Gasteiger partial charge in [0.1, 0.15) is 23.6 Å². The normalized spacial score (nSPS) is 10.5. The summed E-state index contributed by atoms with van der Waals surface area (Å²) in [6.45, 7) is 6.81. The minimum atomic E-state index is -0.194. The van der Waals surface area contributed by atoms with E-state index in [2.05, 4.69) is 23.8 Å². The van der Waals surface area contributed by atoms with Crippen LogP contribution in [0.1, 0.15) is 30.1 Å². The number of nitrogens with zero attached hydrogens (tertiary/aromatic N) is 1. The third-order valence-corrected chi connectivity index (χ3v) is 4.22. The van der Waals surface area contributed by atoms with E-state index in [1.807, 2.05) is 24.3 Å². The number of amides is 1. The van der Waals surface area contributed by atoms with Crippen molar-refractivity contribution in [2.75, 3.05) is 18.5 Å². The van der Waals surface area contributed by atoms with Gasteiger partial charge in [0.05, 0.1) is 12.3 Å². The molecule has 1 amide bonds. The SMILES string of the molecule is C=CCOc1ccc(C(=O)Nc2ccc(OCCCC)c3ncccc23)cc1. The number of nitrogens with one attached hydrogen (secondary N) is 1. The highest BCUT2D eigenvalue weighted by Gasteiger charge is 2.12. The van der Waals surface area contributed by atoms with Crippen LogP contribution in [0.5, 0.6) is 11.5 Å². The average Bonchev–Trinajstić information content (AvgIpc) is 2.74. The number of benzene rings is 2. The third-order valence-electron chi connectivity index (χ3n) is 4.22. The molecule has 0 spiro atoms. The fraction of sp³-hybridized carbons (Fsp3) is 0.217. The molecule has 0 saturated carbocycles. The molecule has 144 valence electrons. The first-order chi connectivity index (χ1) is 13.7. The molecule has 1 aromatic heterocycles. The summed E-state index contributed by atoms with van der Waals surface area (Å²) in [7, 11) is 0. The highest BCUT2D eigenvalue weighted by molar-refractivity contribution is 6.09. The minimum Gasteiger partial charge on any atom is -0.491 e. The Balaban J connectivity index is 1.79. The van der Waals surface area contributed by atoms with Crippen molar-refractivity contribution in [2.45, 2.75) is 19.8 Å². The quantitative estimate of drug-likeness (QED) is 0.410. The summed E-state index contributed by atoms with van der Waals surface area (Å²) in [4.78, 5) is 17.1. The van der Waals surface area contributed by atoms with Crippen LogP contribution in [-0.4, -0.2) is 24.1 Å². The number of ether oxygens (including phenoxy) is 2. The third kappa shape index (κ3) is 4.68. The van der Waals surface area contributed by atoms with E-state index in [1.165, 1.54) is 0 Å². The molecule has 0 fully saturated rings. The average molecular weight is 376 g/mol. The lowest BCUT2D eigenvalue weighted by Crippen LogP contribution is -2.12. The monoisotopic (exact) mass is 376 g/mol. The van der Waals surface area contributed by atoms with E-state index in [4.69, 9.17) is 9.47 Å². The molecule has 0 unspecified atom stereocenters. The van der Waals surface area contributed by atoms with Crippen LogP contribution in [0.15, 0.2) is 67.4 Å². The van der Waals surface area contributed by atoms with E-state index in [-0.39, 0.29) is 5.91 Å². The Morgan fingerprint density at radius 3 is 2.71 bits per heavy atom. The van der Waals surface area contributed by atoms with Gasteiger partial charge in [-0.1, -0.05) is 26.0 Å². The molecule has 0 aliphatic rings. The van der Waals surface area contributed by atoms with E-state index in [0.717, 1.165) is 29.5 Å². The molecule has 1 heterocycles. The smallest absolute Gasteiger partial charge is 0.255 e. The number of unbranched alkanes of at least 4 members (excludes halogenated alkanes) is 1. The Morgan fingerprint density at radius 2 is 1.96 bits per heavy atom. The van der Waals surface area contributed by atoms with Gasteiger partial charge in [-0.25, -0.2) is 0 Å². The number of pyridine rings is 1. The van der Waals surface area contributed by atoms with Gasteiger partial charge in [0.15, 0.2) is 0 Å². The van der Waals surface area contributed by atoms with Crippen LogP contribution in [-0.2, 0) is 0 Å². The zero-order chi connectivity index (χ0) is 19.8. The summed E-state index contributed by atoms with van der Waals surface area (Å²) >= 11 is 0. The first kappa shape index (κ1) is 19.4. The molecule has 0 saturated heterocycles. The van der Waals surface area contributed by atoms with E-state index in [9.17, 15) is 4.79 Å². The molecule has 5 nitrogen and oxygen atoms in total. The number of fused-ring (bicyclic) bond motifs is 1. The maximum absolute atomic E-state index is 12.7. The van der Waals surface area contributed by atoms with Crippen LogP contribution in [0.3, 0.4) is 0 Å². The number of carbonyl (C=O) groups is 1. The number of anilines is 1. The number of hydrogen-bond acceptors (Lipinski definition) is 4. The van der Waals surface area contributed by atoms with Crippen LogP contribution in [0.4, 0.5) is 5.69 Å². The zero-order valence-electron chi connectivity index (χ0n) is 16.0. The Kier molecular flexibility index (Phi) is 6.63. The summed E-state index contributed by atoms with van der Waals surface area (Å²) in [5.41, 5.74) is 1.98. The second-order valence-electron chi connectivity index (χ2n) is 6.29. The van der Waals surface area contributed by atoms with Crippen molar-refractivity contribution in [2.24, 2.45) is 0 Å². The van der Waals surface area contributed by atoms with E-state index >= 15 is 0 Å². The lowest BCUT2D eigenvalue weighted by molar-refractivity contribution is 0.102. The first-order valence-electron chi connectivity index (χ1n) is 9.38. The van der Waals surface area contributed by atoms with Crippen LogP contribution >= 0.6 is 0 Å². The lowest BCUT2D eigenvalue weighted by Gasteiger charge is -2.13. The standard InChI is InChI=1S/C23H24N2O3/c1-3-5-16-28-21-13-12-20(19-7-6-14-24-22(19)21)25-23(26)17-8-10-18(11-9-17)27-15-4-2/h4,6-14H,2-3,5,15-16H2,1H3,(H,25,26). The molecule has 3 rings (SSSR count). The van der Waals surface area contributed by atoms with Gasteiger partial charge in [0.25, 0.3) is 5.91 Å². The van der Waals surface area contributed by atoms with Crippen LogP contribution in [0.25, 0.3) is 10.9 Å². The predicted octanol–water partition coefficient (Wildman–Crippen LogP) is 5.23. The van der Waals surface area contributed by atoms with Crippen molar-refractivity contribution >= 4 is 22.5 Å². The van der Waals surface area contributed by atoms with Crippen molar-refractivity contribution in [1.82, 2.24) is 4.98 Å². The molecule has 0 radical (unpaired) electrons. The van der Waals surface area contributed by atoms with Crippen LogP contribution < -0.4 is 14.8 Å². The highest BCUT2D eigenvalue weighted by atomic mass is 16.5. The molecule has 0 aliphatic carbocycles. The largest absolute Gasteiger partial charge is 0.491 e. The van der Waals surface area contributed by atoms with Crippen LogP contribution in [0, 0.1) is 0 Å². The van der Waals surface area contributed by atoms with Crippen LogP contribution in [0.2, 0.25) is 0 Å². The van der Waals surface area contributed by atoms with E-state index in [1.54, 1.807) is 36.5 Å². The Labute approximate surface area is 165 Å². The van der Waals surface area contributed by atoms with Gasteiger partial charge >= 0.3 is 0 Å². The van der Waals surface area contributed by atoms with E-state index in [0.29, 0.717) is 30.2 Å². The maximum Gasteiger partial charge on any atom is 0.255 e. The van der Waals surface area contributed by atoms with Gasteiger partial charge in [-0.2, -0.15) is 0 Å². The Morgan fingerprint density at radius 1 is 1.14 bits per heavy atom. The molecule has 1 N–H and O–H groups in total. The first-order valence-corrected chi connectivity index (χ1v) is 9.38. The molecule has 28 heavy (non-hydrogen) atoms. The number of aromatic nitrogens is 1. The van der Waals surface area contributed by atoms with Crippen molar-refractivity contribution in [3.8, 4) is 11.5 Å². The second-order valence-corrected chi connectivity index (χ2v) is 6.29. The molecule has 0 atom stereocenters. The van der Waals surface area contributed by atoms with E-state index < -0.39 is 0 Å². The number of rotatable bonds is 9. The fourth-order valence-electron chi connectivity index (χ4n) is 2.75. The second kappa shape index (κ2) is 9.55. The Bertz CT molecular complexity index is 952. The summed E-state index contributed by atoms with van der Waals surface area (Å²) in [5, 5.41) is 3.81. The van der Waals surface area contributed by atoms with Crippen molar-refractivity contribution < 1.29 is 14.3 Å².